The van der Waals surface area contributed by atoms with Crippen molar-refractivity contribution in [3.8, 4) is 6.07 Å². The topological polar surface area (TPSA) is 107 Å². The summed E-state index contributed by atoms with van der Waals surface area (Å²) in [5.41, 5.74) is 2.02. The average Bonchev–Trinajstić information content (AvgIpc) is 3.22. The third-order valence-electron chi connectivity index (χ3n) is 4.56. The van der Waals surface area contributed by atoms with E-state index in [4.69, 9.17) is 0 Å². The van der Waals surface area contributed by atoms with Gasteiger partial charge in [0.2, 0.25) is 5.95 Å². The Morgan fingerprint density at radius 3 is 2.84 bits per heavy atom. The Balaban J connectivity index is 1.71. The molecular formula is C17H20N8. The lowest BCUT2D eigenvalue weighted by Crippen LogP contribution is -2.23. The Labute approximate surface area is 145 Å². The minimum atomic E-state index is 0.388. The first-order valence-electron chi connectivity index (χ1n) is 8.54. The van der Waals surface area contributed by atoms with Crippen LogP contribution >= 0.6 is 0 Å². The van der Waals surface area contributed by atoms with Gasteiger partial charge in [-0.1, -0.05) is 19.3 Å². The predicted molar refractivity (Wildman–Crippen MR) is 95.6 cm³/mol. The van der Waals surface area contributed by atoms with Gasteiger partial charge in [-0.3, -0.25) is 4.68 Å². The Kier molecular flexibility index (Phi) is 3.98. The van der Waals surface area contributed by atoms with Crippen molar-refractivity contribution in [3.05, 3.63) is 24.2 Å². The number of nitriles is 1. The third-order valence-corrected chi connectivity index (χ3v) is 4.56. The highest BCUT2D eigenvalue weighted by Gasteiger charge is 2.19. The summed E-state index contributed by atoms with van der Waals surface area (Å²) in [6.07, 6.45) is 11.3. The van der Waals surface area contributed by atoms with Gasteiger partial charge in [-0.25, -0.2) is 0 Å². The van der Waals surface area contributed by atoms with Crippen molar-refractivity contribution in [1.29, 1.82) is 5.26 Å². The molecule has 25 heavy (non-hydrogen) atoms. The highest BCUT2D eigenvalue weighted by molar-refractivity contribution is 5.93. The molecule has 0 bridgehead atoms. The molecule has 1 saturated carbocycles. The second-order valence-electron chi connectivity index (χ2n) is 6.44. The van der Waals surface area contributed by atoms with E-state index >= 15 is 0 Å². The van der Waals surface area contributed by atoms with E-state index in [9.17, 15) is 5.26 Å². The Bertz CT molecular complexity index is 926. The molecule has 0 aliphatic heterocycles. The lowest BCUT2D eigenvalue weighted by molar-refractivity contribution is 0.462. The molecule has 1 aliphatic rings. The molecule has 3 N–H and O–H groups in total. The number of aryl methyl sites for hydroxylation is 1. The summed E-state index contributed by atoms with van der Waals surface area (Å²) >= 11 is 0. The second kappa shape index (κ2) is 6.43. The maximum Gasteiger partial charge on any atom is 0.231 e. The molecule has 8 heteroatoms. The SMILES string of the molecule is Cn1cc(Nc2nc(NC3CCCCC3)c3c(C#N)c[nH]c3n2)cn1. The van der Waals surface area contributed by atoms with Crippen molar-refractivity contribution < 1.29 is 0 Å². The van der Waals surface area contributed by atoms with Gasteiger partial charge < -0.3 is 15.6 Å². The van der Waals surface area contributed by atoms with Crippen LogP contribution in [0.2, 0.25) is 0 Å². The van der Waals surface area contributed by atoms with Crippen LogP contribution in [0.4, 0.5) is 17.5 Å². The Morgan fingerprint density at radius 1 is 1.28 bits per heavy atom. The van der Waals surface area contributed by atoms with Crippen LogP contribution in [0.15, 0.2) is 18.6 Å². The van der Waals surface area contributed by atoms with Gasteiger partial charge in [-0.15, -0.1) is 0 Å². The van der Waals surface area contributed by atoms with Crippen LogP contribution in [0.1, 0.15) is 37.7 Å². The molecule has 0 aromatic carbocycles. The van der Waals surface area contributed by atoms with Crippen LogP contribution in [0.5, 0.6) is 0 Å². The van der Waals surface area contributed by atoms with E-state index in [1.54, 1.807) is 17.1 Å². The Hall–Kier alpha value is -3.08. The molecule has 0 atom stereocenters. The Morgan fingerprint density at radius 2 is 2.12 bits per heavy atom. The van der Waals surface area contributed by atoms with Gasteiger partial charge in [-0.05, 0) is 12.8 Å². The minimum absolute atomic E-state index is 0.388. The minimum Gasteiger partial charge on any atom is -0.367 e. The molecule has 0 spiro atoms. The summed E-state index contributed by atoms with van der Waals surface area (Å²) in [6.45, 7) is 0. The van der Waals surface area contributed by atoms with E-state index < -0.39 is 0 Å². The molecule has 3 aromatic heterocycles. The zero-order valence-electron chi connectivity index (χ0n) is 14.1. The largest absolute Gasteiger partial charge is 0.367 e. The first-order valence-corrected chi connectivity index (χ1v) is 8.54. The van der Waals surface area contributed by atoms with Gasteiger partial charge in [-0.2, -0.15) is 20.3 Å². The standard InChI is InChI=1S/C17H20N8/c1-25-10-13(9-20-25)22-17-23-15-14(11(7-18)8-19-15)16(24-17)21-12-5-3-2-4-6-12/h8-10,12H,2-6H2,1H3,(H3,19,21,22,23,24). The smallest absolute Gasteiger partial charge is 0.231 e. The fourth-order valence-electron chi connectivity index (χ4n) is 3.34. The molecule has 3 heterocycles. The van der Waals surface area contributed by atoms with E-state index in [-0.39, 0.29) is 0 Å². The number of hydrogen-bond donors (Lipinski definition) is 3. The number of rotatable bonds is 4. The first-order chi connectivity index (χ1) is 12.2. The molecular weight excluding hydrogens is 316 g/mol. The van der Waals surface area contributed by atoms with Crippen LogP contribution in [0.25, 0.3) is 11.0 Å². The predicted octanol–water partition coefficient (Wildman–Crippen LogP) is 3.05. The van der Waals surface area contributed by atoms with Crippen LogP contribution in [0.3, 0.4) is 0 Å². The number of nitrogens with zero attached hydrogens (tertiary/aromatic N) is 5. The fourth-order valence-corrected chi connectivity index (χ4v) is 3.34. The van der Waals surface area contributed by atoms with Crippen LogP contribution in [0, 0.1) is 11.3 Å². The summed E-state index contributed by atoms with van der Waals surface area (Å²) in [6, 6.07) is 2.60. The molecule has 0 amide bonds. The molecule has 3 aromatic rings. The van der Waals surface area contributed by atoms with Crippen molar-refractivity contribution in [2.45, 2.75) is 38.1 Å². The van der Waals surface area contributed by atoms with Crippen LogP contribution < -0.4 is 10.6 Å². The number of fused-ring (bicyclic) bond motifs is 1. The van der Waals surface area contributed by atoms with Crippen molar-refractivity contribution in [1.82, 2.24) is 24.7 Å². The number of H-pyrrole nitrogens is 1. The summed E-state index contributed by atoms with van der Waals surface area (Å²) in [7, 11) is 1.86. The highest BCUT2D eigenvalue weighted by Crippen LogP contribution is 2.29. The first kappa shape index (κ1) is 15.4. The summed E-state index contributed by atoms with van der Waals surface area (Å²) in [5.74, 6) is 1.19. The fraction of sp³-hybridized carbons (Fsp3) is 0.412. The molecule has 1 fully saturated rings. The van der Waals surface area contributed by atoms with E-state index in [0.29, 0.717) is 29.0 Å². The number of aromatic nitrogens is 5. The number of anilines is 3. The van der Waals surface area contributed by atoms with Gasteiger partial charge in [0.25, 0.3) is 0 Å². The molecule has 128 valence electrons. The quantitative estimate of drug-likeness (QED) is 0.676. The van der Waals surface area contributed by atoms with Gasteiger partial charge in [0.05, 0.1) is 22.8 Å². The monoisotopic (exact) mass is 336 g/mol. The second-order valence-corrected chi connectivity index (χ2v) is 6.44. The zero-order valence-corrected chi connectivity index (χ0v) is 14.1. The molecule has 0 unspecified atom stereocenters. The maximum absolute atomic E-state index is 9.38. The summed E-state index contributed by atoms with van der Waals surface area (Å²) in [5, 5.41) is 21.0. The van der Waals surface area contributed by atoms with E-state index in [1.807, 2.05) is 13.2 Å². The average molecular weight is 336 g/mol. The van der Waals surface area contributed by atoms with Crippen LogP contribution in [-0.2, 0) is 7.05 Å². The normalized spacial score (nSPS) is 15.2. The molecule has 4 rings (SSSR count). The molecule has 1 aliphatic carbocycles. The van der Waals surface area contributed by atoms with Crippen LogP contribution in [-0.4, -0.2) is 30.8 Å². The van der Waals surface area contributed by atoms with Crippen molar-refractivity contribution in [2.75, 3.05) is 10.6 Å². The molecule has 0 saturated heterocycles. The van der Waals surface area contributed by atoms with Crippen molar-refractivity contribution >= 4 is 28.5 Å². The van der Waals surface area contributed by atoms with Gasteiger partial charge in [0.1, 0.15) is 17.5 Å². The van der Waals surface area contributed by atoms with E-state index in [2.05, 4.69) is 36.8 Å². The van der Waals surface area contributed by atoms with Crippen molar-refractivity contribution in [2.24, 2.45) is 7.05 Å². The van der Waals surface area contributed by atoms with Crippen molar-refractivity contribution in [3.63, 3.8) is 0 Å². The number of hydrogen-bond acceptors (Lipinski definition) is 6. The highest BCUT2D eigenvalue weighted by atomic mass is 15.3. The molecule has 0 radical (unpaired) electrons. The van der Waals surface area contributed by atoms with Gasteiger partial charge in [0, 0.05) is 25.5 Å². The lowest BCUT2D eigenvalue weighted by atomic mass is 9.95. The molecule has 8 nitrogen and oxygen atoms in total. The maximum atomic E-state index is 9.38. The van der Waals surface area contributed by atoms with E-state index in [1.165, 1.54) is 19.3 Å². The van der Waals surface area contributed by atoms with Gasteiger partial charge in [0.15, 0.2) is 0 Å². The summed E-state index contributed by atoms with van der Waals surface area (Å²) < 4.78 is 1.71. The van der Waals surface area contributed by atoms with E-state index in [0.717, 1.165) is 23.9 Å². The summed E-state index contributed by atoms with van der Waals surface area (Å²) in [4.78, 5) is 12.2. The zero-order chi connectivity index (χ0) is 17.2. The third kappa shape index (κ3) is 3.13. The lowest BCUT2D eigenvalue weighted by Gasteiger charge is -2.23. The number of aromatic amines is 1. The number of nitrogens with one attached hydrogen (secondary N) is 3. The van der Waals surface area contributed by atoms with Gasteiger partial charge >= 0.3 is 0 Å².